The Balaban J connectivity index is 1.60. The average molecular weight is 553 g/mol. The first-order valence-electron chi connectivity index (χ1n) is 16.1. The van der Waals surface area contributed by atoms with Gasteiger partial charge in [0.2, 0.25) is 0 Å². The van der Waals surface area contributed by atoms with E-state index in [0.717, 1.165) is 36.2 Å². The van der Waals surface area contributed by atoms with Crippen LogP contribution >= 0.6 is 0 Å². The minimum atomic E-state index is -0.0990. The number of unbranched alkanes of at least 4 members (excludes halogenated alkanes) is 9. The van der Waals surface area contributed by atoms with Gasteiger partial charge in [0, 0.05) is 12.0 Å². The van der Waals surface area contributed by atoms with Crippen LogP contribution in [-0.2, 0) is 22.5 Å². The van der Waals surface area contributed by atoms with Gasteiger partial charge >= 0.3 is 5.97 Å². The lowest BCUT2D eigenvalue weighted by Gasteiger charge is -2.32. The Hall–Kier alpha value is -2.33. The summed E-state index contributed by atoms with van der Waals surface area (Å²) in [6.07, 6.45) is 16.3. The predicted octanol–water partition coefficient (Wildman–Crippen LogP) is 9.15. The van der Waals surface area contributed by atoms with Crippen LogP contribution in [0.5, 0.6) is 5.75 Å². The van der Waals surface area contributed by atoms with Gasteiger partial charge in [0.25, 0.3) is 0 Å². The molecule has 0 aromatic heterocycles. The van der Waals surface area contributed by atoms with Gasteiger partial charge in [-0.3, -0.25) is 4.79 Å². The Labute approximate surface area is 246 Å². The van der Waals surface area contributed by atoms with E-state index in [4.69, 9.17) is 9.47 Å². The molecular weight excluding hydrogens is 494 g/mol. The number of aryl methyl sites for hydroxylation is 1. The van der Waals surface area contributed by atoms with Crippen LogP contribution in [0.2, 0.25) is 0 Å². The minimum absolute atomic E-state index is 0.00833. The molecule has 0 aliphatic rings. The number of carbonyl (C=O) groups excluding carboxylic acids is 1. The number of esters is 1. The van der Waals surface area contributed by atoms with Crippen molar-refractivity contribution in [1.82, 2.24) is 0 Å². The van der Waals surface area contributed by atoms with Crippen LogP contribution in [0.25, 0.3) is 0 Å². The molecule has 0 spiro atoms. The minimum Gasteiger partial charge on any atom is -0.491 e. The summed E-state index contributed by atoms with van der Waals surface area (Å²) in [5, 5.41) is 0. The van der Waals surface area contributed by atoms with Crippen molar-refractivity contribution in [3.8, 4) is 5.75 Å². The van der Waals surface area contributed by atoms with Crippen LogP contribution in [0.4, 0.5) is 0 Å². The second-order valence-electron chi connectivity index (χ2n) is 12.3. The molecule has 0 saturated heterocycles. The quantitative estimate of drug-likeness (QED) is 0.0830. The van der Waals surface area contributed by atoms with E-state index >= 15 is 0 Å². The van der Waals surface area contributed by atoms with Gasteiger partial charge in [-0.1, -0.05) is 114 Å². The highest BCUT2D eigenvalue weighted by atomic mass is 16.5. The normalized spacial score (nSPS) is 13.1. The number of ether oxygens (including phenoxy) is 2. The zero-order valence-corrected chi connectivity index (χ0v) is 26.3. The third kappa shape index (κ3) is 14.9. The topological polar surface area (TPSA) is 35.5 Å². The molecule has 0 radical (unpaired) electrons. The monoisotopic (exact) mass is 552 g/mol. The summed E-state index contributed by atoms with van der Waals surface area (Å²) in [6.45, 7) is 8.44. The van der Waals surface area contributed by atoms with Crippen molar-refractivity contribution in [2.45, 2.75) is 117 Å². The van der Waals surface area contributed by atoms with Crippen molar-refractivity contribution in [2.24, 2.45) is 5.92 Å². The molecule has 2 rings (SSSR count). The van der Waals surface area contributed by atoms with E-state index in [0.29, 0.717) is 13.0 Å². The standard InChI is InChI=1S/C36H58NO3/c1-6-8-9-10-11-12-13-14-15-17-20-32-23-25-35(26-24-32)40-31(3)27-28-39-36(38)34(7-2)30-37(4,5)29-33-21-18-16-19-22-33/h16,18-19,21-26,31,34H,6-15,17,20,27-30H2,1-5H3/q+1. The Bertz CT molecular complexity index is 909. The molecule has 0 saturated carbocycles. The maximum Gasteiger partial charge on any atom is 0.314 e. The van der Waals surface area contributed by atoms with E-state index in [9.17, 15) is 4.79 Å². The number of carbonyl (C=O) groups is 1. The molecule has 0 amide bonds. The van der Waals surface area contributed by atoms with Crippen molar-refractivity contribution in [3.05, 3.63) is 65.7 Å². The highest BCUT2D eigenvalue weighted by Crippen LogP contribution is 2.19. The van der Waals surface area contributed by atoms with Crippen LogP contribution < -0.4 is 4.74 Å². The number of hydrogen-bond acceptors (Lipinski definition) is 3. The fourth-order valence-corrected chi connectivity index (χ4v) is 5.39. The lowest BCUT2D eigenvalue weighted by Crippen LogP contribution is -2.44. The van der Waals surface area contributed by atoms with Crippen LogP contribution in [0.3, 0.4) is 0 Å². The number of rotatable bonds is 22. The first-order valence-corrected chi connectivity index (χ1v) is 16.1. The molecule has 0 aliphatic heterocycles. The Morgan fingerprint density at radius 2 is 1.38 bits per heavy atom. The fraction of sp³-hybridized carbons (Fsp3) is 0.639. The Morgan fingerprint density at radius 3 is 1.98 bits per heavy atom. The van der Waals surface area contributed by atoms with Gasteiger partial charge in [0.15, 0.2) is 0 Å². The zero-order valence-electron chi connectivity index (χ0n) is 26.3. The molecule has 2 aromatic rings. The fourth-order valence-electron chi connectivity index (χ4n) is 5.39. The molecule has 0 aliphatic carbocycles. The average Bonchev–Trinajstić information content (AvgIpc) is 2.94. The van der Waals surface area contributed by atoms with Gasteiger partial charge in [-0.05, 0) is 43.9 Å². The van der Waals surface area contributed by atoms with Crippen molar-refractivity contribution in [1.29, 1.82) is 0 Å². The summed E-state index contributed by atoms with van der Waals surface area (Å²) in [5.74, 6) is 0.695. The summed E-state index contributed by atoms with van der Waals surface area (Å²) in [7, 11) is 4.36. The van der Waals surface area contributed by atoms with Gasteiger partial charge in [-0.25, -0.2) is 0 Å². The molecule has 40 heavy (non-hydrogen) atoms. The lowest BCUT2D eigenvalue weighted by molar-refractivity contribution is -0.906. The van der Waals surface area contributed by atoms with Crippen LogP contribution in [0.15, 0.2) is 54.6 Å². The van der Waals surface area contributed by atoms with E-state index in [-0.39, 0.29) is 18.0 Å². The summed E-state index contributed by atoms with van der Waals surface area (Å²) in [4.78, 5) is 12.8. The molecule has 224 valence electrons. The van der Waals surface area contributed by atoms with E-state index in [1.165, 1.54) is 75.3 Å². The summed E-state index contributed by atoms with van der Waals surface area (Å²) < 4.78 is 12.5. The molecule has 0 N–H and O–H groups in total. The van der Waals surface area contributed by atoms with E-state index in [1.807, 2.05) is 13.0 Å². The van der Waals surface area contributed by atoms with Crippen LogP contribution in [0.1, 0.15) is 109 Å². The number of quaternary nitrogens is 1. The van der Waals surface area contributed by atoms with E-state index in [2.05, 4.69) is 76.5 Å². The van der Waals surface area contributed by atoms with Gasteiger partial charge in [0.1, 0.15) is 18.2 Å². The van der Waals surface area contributed by atoms with E-state index in [1.54, 1.807) is 0 Å². The highest BCUT2D eigenvalue weighted by molar-refractivity contribution is 5.72. The molecular formula is C36H58NO3+. The van der Waals surface area contributed by atoms with Crippen molar-refractivity contribution >= 4 is 5.97 Å². The smallest absolute Gasteiger partial charge is 0.314 e. The lowest BCUT2D eigenvalue weighted by atomic mass is 10.0. The van der Waals surface area contributed by atoms with Crippen molar-refractivity contribution in [3.63, 3.8) is 0 Å². The van der Waals surface area contributed by atoms with Crippen LogP contribution in [0, 0.1) is 5.92 Å². The maximum atomic E-state index is 12.8. The third-order valence-electron chi connectivity index (χ3n) is 7.84. The predicted molar refractivity (Wildman–Crippen MR) is 169 cm³/mol. The zero-order chi connectivity index (χ0) is 29.1. The Kier molecular flexibility index (Phi) is 16.7. The summed E-state index contributed by atoms with van der Waals surface area (Å²) >= 11 is 0. The van der Waals surface area contributed by atoms with Crippen LogP contribution in [-0.4, -0.2) is 43.8 Å². The third-order valence-corrected chi connectivity index (χ3v) is 7.84. The first-order chi connectivity index (χ1) is 19.3. The number of benzene rings is 2. The summed E-state index contributed by atoms with van der Waals surface area (Å²) in [5.41, 5.74) is 2.67. The van der Waals surface area contributed by atoms with Crippen molar-refractivity contribution < 1.29 is 18.8 Å². The largest absolute Gasteiger partial charge is 0.491 e. The molecule has 4 nitrogen and oxygen atoms in total. The molecule has 4 heteroatoms. The van der Waals surface area contributed by atoms with Gasteiger partial charge < -0.3 is 14.0 Å². The number of hydrogen-bond donors (Lipinski definition) is 0. The first kappa shape index (κ1) is 33.9. The molecule has 2 aromatic carbocycles. The SMILES string of the molecule is CCCCCCCCCCCCc1ccc(OC(C)CCOC(=O)C(CC)C[N+](C)(C)Cc2ccccc2)cc1. The second kappa shape index (κ2) is 19.7. The molecule has 2 unspecified atom stereocenters. The van der Waals surface area contributed by atoms with Crippen molar-refractivity contribution in [2.75, 3.05) is 27.2 Å². The molecule has 0 heterocycles. The van der Waals surface area contributed by atoms with E-state index < -0.39 is 0 Å². The maximum absolute atomic E-state index is 12.8. The molecule has 0 bridgehead atoms. The van der Waals surface area contributed by atoms with Gasteiger partial charge in [-0.2, -0.15) is 0 Å². The summed E-state index contributed by atoms with van der Waals surface area (Å²) in [6, 6.07) is 19.0. The van der Waals surface area contributed by atoms with Gasteiger partial charge in [0.05, 0.1) is 33.4 Å². The highest BCUT2D eigenvalue weighted by Gasteiger charge is 2.28. The van der Waals surface area contributed by atoms with Gasteiger partial charge in [-0.15, -0.1) is 0 Å². The Morgan fingerprint density at radius 1 is 0.775 bits per heavy atom. The number of nitrogens with zero attached hydrogens (tertiary/aromatic N) is 1. The molecule has 2 atom stereocenters. The second-order valence-corrected chi connectivity index (χ2v) is 12.3. The molecule has 0 fully saturated rings.